The van der Waals surface area contributed by atoms with Crippen LogP contribution < -0.4 is 9.64 Å². The summed E-state index contributed by atoms with van der Waals surface area (Å²) >= 11 is 6.13. The van der Waals surface area contributed by atoms with Crippen molar-refractivity contribution in [3.05, 3.63) is 68.2 Å². The van der Waals surface area contributed by atoms with Crippen LogP contribution in [0.2, 0.25) is 5.02 Å². The number of halogens is 1. The number of rotatable bonds is 1. The van der Waals surface area contributed by atoms with Crippen molar-refractivity contribution >= 4 is 29.1 Å². The van der Waals surface area contributed by atoms with Crippen LogP contribution >= 0.6 is 11.6 Å². The molecule has 2 aromatic carbocycles. The van der Waals surface area contributed by atoms with Crippen LogP contribution in [0.1, 0.15) is 31.9 Å². The van der Waals surface area contributed by atoms with Gasteiger partial charge in [0.25, 0.3) is 5.69 Å². The standard InChI is InChI=1S/C20H19ClN2O3/c1-12-9-13-10-17(23(24)25)15(21)11-18(13)26-20(12)19(2,3)14-7-5-6-8-16(14)22(20)4/h5-11H,1-4H3. The second-order valence-electron chi connectivity index (χ2n) is 7.37. The smallest absolute Gasteiger partial charge is 0.288 e. The number of likely N-dealkylation sites (N-methyl/N-ethyl adjacent to an activating group) is 1. The van der Waals surface area contributed by atoms with Crippen molar-refractivity contribution in [2.24, 2.45) is 0 Å². The SMILES string of the molecule is CC1=Cc2cc([N+](=O)[O-])c(Cl)cc2OC12N(C)c1ccccc1C2(C)C. The zero-order chi connectivity index (χ0) is 18.9. The first-order valence-corrected chi connectivity index (χ1v) is 8.77. The zero-order valence-corrected chi connectivity index (χ0v) is 15.8. The van der Waals surface area contributed by atoms with Crippen LogP contribution in [0.4, 0.5) is 11.4 Å². The lowest BCUT2D eigenvalue weighted by Crippen LogP contribution is -2.60. The molecule has 5 nitrogen and oxygen atoms in total. The van der Waals surface area contributed by atoms with Gasteiger partial charge in [0.05, 0.1) is 10.3 Å². The third kappa shape index (κ3) is 1.92. The van der Waals surface area contributed by atoms with Crippen LogP contribution in [-0.2, 0) is 5.41 Å². The highest BCUT2D eigenvalue weighted by molar-refractivity contribution is 6.32. The van der Waals surface area contributed by atoms with E-state index in [-0.39, 0.29) is 16.1 Å². The Kier molecular flexibility index (Phi) is 3.41. The van der Waals surface area contributed by atoms with E-state index in [1.165, 1.54) is 11.6 Å². The number of hydrogen-bond donors (Lipinski definition) is 0. The number of para-hydroxylation sites is 1. The molecule has 26 heavy (non-hydrogen) atoms. The molecule has 2 aromatic rings. The first-order chi connectivity index (χ1) is 12.2. The fraction of sp³-hybridized carbons (Fsp3) is 0.300. The highest BCUT2D eigenvalue weighted by atomic mass is 35.5. The van der Waals surface area contributed by atoms with Crippen LogP contribution in [0.25, 0.3) is 6.08 Å². The lowest BCUT2D eigenvalue weighted by atomic mass is 9.73. The molecule has 1 spiro atoms. The van der Waals surface area contributed by atoms with Gasteiger partial charge in [-0.15, -0.1) is 0 Å². The molecule has 0 bridgehead atoms. The van der Waals surface area contributed by atoms with E-state index in [2.05, 4.69) is 30.9 Å². The normalized spacial score (nSPS) is 22.5. The number of anilines is 1. The third-order valence-corrected chi connectivity index (χ3v) is 6.00. The van der Waals surface area contributed by atoms with Gasteiger partial charge in [0, 0.05) is 30.4 Å². The molecule has 2 aliphatic heterocycles. The molecule has 1 unspecified atom stereocenters. The molecule has 134 valence electrons. The van der Waals surface area contributed by atoms with E-state index in [4.69, 9.17) is 16.3 Å². The lowest BCUT2D eigenvalue weighted by molar-refractivity contribution is -0.384. The molecule has 0 saturated carbocycles. The van der Waals surface area contributed by atoms with Crippen molar-refractivity contribution in [3.63, 3.8) is 0 Å². The number of nitrogens with zero attached hydrogens (tertiary/aromatic N) is 2. The van der Waals surface area contributed by atoms with E-state index in [1.807, 2.05) is 32.2 Å². The number of nitro benzene ring substituents is 1. The van der Waals surface area contributed by atoms with E-state index >= 15 is 0 Å². The van der Waals surface area contributed by atoms with E-state index in [9.17, 15) is 10.1 Å². The summed E-state index contributed by atoms with van der Waals surface area (Å²) in [4.78, 5) is 12.9. The summed E-state index contributed by atoms with van der Waals surface area (Å²) in [6.07, 6.45) is 1.96. The molecule has 0 N–H and O–H groups in total. The van der Waals surface area contributed by atoms with Crippen LogP contribution in [-0.4, -0.2) is 17.7 Å². The van der Waals surface area contributed by atoms with Gasteiger partial charge in [0.1, 0.15) is 10.8 Å². The van der Waals surface area contributed by atoms with Gasteiger partial charge in [-0.2, -0.15) is 0 Å². The van der Waals surface area contributed by atoms with Crippen molar-refractivity contribution in [2.75, 3.05) is 11.9 Å². The monoisotopic (exact) mass is 370 g/mol. The Bertz CT molecular complexity index is 983. The van der Waals surface area contributed by atoms with Crippen LogP contribution in [0.3, 0.4) is 0 Å². The molecule has 0 aliphatic carbocycles. The van der Waals surface area contributed by atoms with Gasteiger partial charge in [-0.05, 0) is 44.1 Å². The first-order valence-electron chi connectivity index (χ1n) is 8.39. The quantitative estimate of drug-likeness (QED) is 0.513. The molecular formula is C20H19ClN2O3. The summed E-state index contributed by atoms with van der Waals surface area (Å²) in [5.41, 5.74) is 2.81. The Labute approximate surface area is 157 Å². The first kappa shape index (κ1) is 16.9. The van der Waals surface area contributed by atoms with Gasteiger partial charge in [0.2, 0.25) is 5.72 Å². The van der Waals surface area contributed by atoms with Crippen molar-refractivity contribution in [1.29, 1.82) is 0 Å². The molecule has 4 rings (SSSR count). The zero-order valence-electron chi connectivity index (χ0n) is 15.0. The number of benzene rings is 2. The van der Waals surface area contributed by atoms with E-state index in [1.54, 1.807) is 6.07 Å². The minimum atomic E-state index is -0.719. The molecule has 0 saturated heterocycles. The maximum Gasteiger partial charge on any atom is 0.288 e. The minimum absolute atomic E-state index is 0.0767. The fourth-order valence-corrected chi connectivity index (χ4v) is 4.71. The van der Waals surface area contributed by atoms with Crippen molar-refractivity contribution in [2.45, 2.75) is 31.9 Å². The summed E-state index contributed by atoms with van der Waals surface area (Å²) in [6.45, 7) is 6.32. The highest BCUT2D eigenvalue weighted by Crippen LogP contribution is 2.57. The number of fused-ring (bicyclic) bond motifs is 2. The average Bonchev–Trinajstić information content (AvgIpc) is 2.75. The van der Waals surface area contributed by atoms with Gasteiger partial charge < -0.3 is 9.64 Å². The Morgan fingerprint density at radius 2 is 1.92 bits per heavy atom. The molecule has 0 fully saturated rings. The van der Waals surface area contributed by atoms with E-state index in [0.29, 0.717) is 11.3 Å². The Hall–Kier alpha value is -2.53. The van der Waals surface area contributed by atoms with Gasteiger partial charge in [0.15, 0.2) is 0 Å². The van der Waals surface area contributed by atoms with Crippen LogP contribution in [0.5, 0.6) is 5.75 Å². The summed E-state index contributed by atoms with van der Waals surface area (Å²) in [5.74, 6) is 0.555. The topological polar surface area (TPSA) is 55.6 Å². The van der Waals surface area contributed by atoms with Gasteiger partial charge in [-0.3, -0.25) is 10.1 Å². The van der Waals surface area contributed by atoms with Gasteiger partial charge in [-0.1, -0.05) is 29.8 Å². The number of nitro groups is 1. The minimum Gasteiger partial charge on any atom is -0.462 e. The predicted octanol–water partition coefficient (Wildman–Crippen LogP) is 5.17. The average molecular weight is 371 g/mol. The Morgan fingerprint density at radius 1 is 1.23 bits per heavy atom. The molecule has 2 heterocycles. The third-order valence-electron chi connectivity index (χ3n) is 5.70. The van der Waals surface area contributed by atoms with Crippen molar-refractivity contribution < 1.29 is 9.66 Å². The molecule has 0 radical (unpaired) electrons. The predicted molar refractivity (Wildman–Crippen MR) is 103 cm³/mol. The van der Waals surface area contributed by atoms with Crippen LogP contribution in [0.15, 0.2) is 42.0 Å². The molecule has 6 heteroatoms. The molecule has 2 aliphatic rings. The summed E-state index contributed by atoms with van der Waals surface area (Å²) in [6, 6.07) is 11.3. The van der Waals surface area contributed by atoms with Crippen LogP contribution in [0, 0.1) is 10.1 Å². The van der Waals surface area contributed by atoms with Gasteiger partial charge in [-0.25, -0.2) is 0 Å². The highest BCUT2D eigenvalue weighted by Gasteiger charge is 2.60. The van der Waals surface area contributed by atoms with Crippen molar-refractivity contribution in [1.82, 2.24) is 0 Å². The Balaban J connectivity index is 1.93. The maximum atomic E-state index is 11.2. The van der Waals surface area contributed by atoms with Crippen molar-refractivity contribution in [3.8, 4) is 5.75 Å². The Morgan fingerprint density at radius 3 is 2.58 bits per heavy atom. The summed E-state index contributed by atoms with van der Waals surface area (Å²) in [7, 11) is 2.02. The summed E-state index contributed by atoms with van der Waals surface area (Å²) in [5, 5.41) is 11.3. The molecular weight excluding hydrogens is 352 g/mol. The number of ether oxygens (including phenoxy) is 1. The maximum absolute atomic E-state index is 11.2. The second-order valence-corrected chi connectivity index (χ2v) is 7.78. The molecule has 0 amide bonds. The largest absolute Gasteiger partial charge is 0.462 e. The van der Waals surface area contributed by atoms with E-state index in [0.717, 1.165) is 11.3 Å². The lowest BCUT2D eigenvalue weighted by Gasteiger charge is -2.48. The van der Waals surface area contributed by atoms with E-state index < -0.39 is 10.6 Å². The summed E-state index contributed by atoms with van der Waals surface area (Å²) < 4.78 is 6.57. The molecule has 1 atom stereocenters. The fourth-order valence-electron chi connectivity index (χ4n) is 4.49. The van der Waals surface area contributed by atoms with Gasteiger partial charge >= 0.3 is 0 Å². The molecule has 0 aromatic heterocycles. The second kappa shape index (κ2) is 5.24. The number of hydrogen-bond acceptors (Lipinski definition) is 4.